The van der Waals surface area contributed by atoms with Gasteiger partial charge in [0.15, 0.2) is 0 Å². The summed E-state index contributed by atoms with van der Waals surface area (Å²) >= 11 is 0. The van der Waals surface area contributed by atoms with E-state index in [9.17, 15) is 0 Å². The number of rotatable bonds is 7. The number of hydrogen-bond acceptors (Lipinski definition) is 1. The maximum Gasteiger partial charge on any atom is 0.00697 e. The molecule has 0 aromatic carbocycles. The fourth-order valence-corrected chi connectivity index (χ4v) is 2.90. The first kappa shape index (κ1) is 14.0. The van der Waals surface area contributed by atoms with Gasteiger partial charge in [-0.05, 0) is 37.6 Å². The van der Waals surface area contributed by atoms with Crippen LogP contribution < -0.4 is 5.32 Å². The molecular weight excluding hydrogens is 194 g/mol. The van der Waals surface area contributed by atoms with Gasteiger partial charge in [0.2, 0.25) is 0 Å². The molecule has 1 saturated carbocycles. The van der Waals surface area contributed by atoms with Crippen LogP contribution in [0, 0.1) is 11.8 Å². The molecule has 0 amide bonds. The van der Waals surface area contributed by atoms with Crippen molar-refractivity contribution in [1.29, 1.82) is 0 Å². The number of nitrogens with one attached hydrogen (secondary N) is 1. The van der Waals surface area contributed by atoms with Crippen molar-refractivity contribution in [3.8, 4) is 0 Å². The first-order chi connectivity index (χ1) is 7.72. The lowest BCUT2D eigenvalue weighted by atomic mass is 9.82. The summed E-state index contributed by atoms with van der Waals surface area (Å²) < 4.78 is 0. The quantitative estimate of drug-likeness (QED) is 0.678. The largest absolute Gasteiger partial charge is 0.314 e. The van der Waals surface area contributed by atoms with Crippen LogP contribution in [0.25, 0.3) is 0 Å². The van der Waals surface area contributed by atoms with Crippen LogP contribution in [0.5, 0.6) is 0 Å². The summed E-state index contributed by atoms with van der Waals surface area (Å²) in [6.07, 6.45) is 11.4. The van der Waals surface area contributed by atoms with Crippen LogP contribution in [0.4, 0.5) is 0 Å². The van der Waals surface area contributed by atoms with Gasteiger partial charge in [0, 0.05) is 6.04 Å². The molecule has 1 rings (SSSR count). The van der Waals surface area contributed by atoms with Crippen LogP contribution in [0.2, 0.25) is 0 Å². The lowest BCUT2D eigenvalue weighted by molar-refractivity contribution is 0.265. The Balaban J connectivity index is 2.12. The Labute approximate surface area is 102 Å². The molecule has 0 heterocycles. The minimum atomic E-state index is 0.831. The minimum Gasteiger partial charge on any atom is -0.314 e. The van der Waals surface area contributed by atoms with Crippen molar-refractivity contribution in [3.63, 3.8) is 0 Å². The van der Waals surface area contributed by atoms with E-state index < -0.39 is 0 Å². The van der Waals surface area contributed by atoms with E-state index in [0.29, 0.717) is 0 Å². The van der Waals surface area contributed by atoms with Crippen molar-refractivity contribution < 1.29 is 0 Å². The molecule has 1 aliphatic rings. The summed E-state index contributed by atoms with van der Waals surface area (Å²) in [5, 5.41) is 3.70. The standard InChI is InChI=1S/C15H31N/c1-4-11-16-15-10-6-9-14(12-15)8-5-7-13(2)3/h13-16H,4-12H2,1-3H3. The molecule has 0 aromatic heterocycles. The van der Waals surface area contributed by atoms with Crippen LogP contribution in [0.1, 0.15) is 72.1 Å². The summed E-state index contributed by atoms with van der Waals surface area (Å²) in [6, 6.07) is 0.831. The van der Waals surface area contributed by atoms with Crippen LogP contribution in [0.15, 0.2) is 0 Å². The molecule has 0 aromatic rings. The van der Waals surface area contributed by atoms with Crippen molar-refractivity contribution in [3.05, 3.63) is 0 Å². The molecule has 0 radical (unpaired) electrons. The predicted molar refractivity (Wildman–Crippen MR) is 72.7 cm³/mol. The maximum atomic E-state index is 3.70. The summed E-state index contributed by atoms with van der Waals surface area (Å²) in [7, 11) is 0. The topological polar surface area (TPSA) is 12.0 Å². The highest BCUT2D eigenvalue weighted by Gasteiger charge is 2.20. The number of hydrogen-bond donors (Lipinski definition) is 1. The Kier molecular flexibility index (Phi) is 7.11. The zero-order valence-electron chi connectivity index (χ0n) is 11.6. The Morgan fingerprint density at radius 2 is 2.06 bits per heavy atom. The summed E-state index contributed by atoms with van der Waals surface area (Å²) in [5.41, 5.74) is 0. The Bertz CT molecular complexity index is 165. The van der Waals surface area contributed by atoms with E-state index in [-0.39, 0.29) is 0 Å². The molecule has 2 unspecified atom stereocenters. The molecule has 0 saturated heterocycles. The van der Waals surface area contributed by atoms with Crippen LogP contribution in [0.3, 0.4) is 0 Å². The molecule has 2 atom stereocenters. The molecular formula is C15H31N. The van der Waals surface area contributed by atoms with Crippen LogP contribution in [-0.2, 0) is 0 Å². The summed E-state index contributed by atoms with van der Waals surface area (Å²) in [6.45, 7) is 8.15. The monoisotopic (exact) mass is 225 g/mol. The van der Waals surface area contributed by atoms with Gasteiger partial charge in [-0.25, -0.2) is 0 Å². The van der Waals surface area contributed by atoms with Gasteiger partial charge in [-0.15, -0.1) is 0 Å². The highest BCUT2D eigenvalue weighted by atomic mass is 14.9. The second-order valence-corrected chi connectivity index (χ2v) is 6.01. The Morgan fingerprint density at radius 1 is 1.25 bits per heavy atom. The highest BCUT2D eigenvalue weighted by molar-refractivity contribution is 4.77. The molecule has 0 aliphatic heterocycles. The minimum absolute atomic E-state index is 0.831. The van der Waals surface area contributed by atoms with Gasteiger partial charge in [-0.1, -0.05) is 52.9 Å². The molecule has 1 heteroatoms. The zero-order chi connectivity index (χ0) is 11.8. The Hall–Kier alpha value is -0.0400. The third-order valence-corrected chi connectivity index (χ3v) is 3.86. The summed E-state index contributed by atoms with van der Waals surface area (Å²) in [5.74, 6) is 1.90. The smallest absolute Gasteiger partial charge is 0.00697 e. The van der Waals surface area contributed by atoms with Gasteiger partial charge in [0.1, 0.15) is 0 Å². The Morgan fingerprint density at radius 3 is 2.75 bits per heavy atom. The lowest BCUT2D eigenvalue weighted by Gasteiger charge is -2.30. The van der Waals surface area contributed by atoms with Gasteiger partial charge in [-0.2, -0.15) is 0 Å². The van der Waals surface area contributed by atoms with Gasteiger partial charge in [0.25, 0.3) is 0 Å². The average molecular weight is 225 g/mol. The van der Waals surface area contributed by atoms with Crippen LogP contribution >= 0.6 is 0 Å². The van der Waals surface area contributed by atoms with Gasteiger partial charge in [-0.3, -0.25) is 0 Å². The molecule has 1 nitrogen and oxygen atoms in total. The fraction of sp³-hybridized carbons (Fsp3) is 1.00. The van der Waals surface area contributed by atoms with Gasteiger partial charge >= 0.3 is 0 Å². The van der Waals surface area contributed by atoms with E-state index in [1.165, 1.54) is 57.9 Å². The molecule has 1 aliphatic carbocycles. The van der Waals surface area contributed by atoms with Crippen LogP contribution in [-0.4, -0.2) is 12.6 Å². The van der Waals surface area contributed by atoms with Crippen molar-refractivity contribution in [2.45, 2.75) is 78.2 Å². The average Bonchev–Trinajstić information content (AvgIpc) is 2.26. The second-order valence-electron chi connectivity index (χ2n) is 6.01. The van der Waals surface area contributed by atoms with Crippen molar-refractivity contribution in [2.75, 3.05) is 6.54 Å². The molecule has 1 N–H and O–H groups in total. The van der Waals surface area contributed by atoms with E-state index in [4.69, 9.17) is 0 Å². The van der Waals surface area contributed by atoms with E-state index >= 15 is 0 Å². The molecule has 1 fully saturated rings. The van der Waals surface area contributed by atoms with Crippen molar-refractivity contribution in [1.82, 2.24) is 5.32 Å². The molecule has 0 spiro atoms. The van der Waals surface area contributed by atoms with E-state index in [0.717, 1.165) is 17.9 Å². The van der Waals surface area contributed by atoms with Gasteiger partial charge in [0.05, 0.1) is 0 Å². The highest BCUT2D eigenvalue weighted by Crippen LogP contribution is 2.28. The normalized spacial score (nSPS) is 26.2. The molecule has 96 valence electrons. The van der Waals surface area contributed by atoms with E-state index in [1.54, 1.807) is 0 Å². The van der Waals surface area contributed by atoms with Crippen molar-refractivity contribution in [2.24, 2.45) is 11.8 Å². The second kappa shape index (κ2) is 8.11. The molecule has 0 bridgehead atoms. The van der Waals surface area contributed by atoms with E-state index in [1.807, 2.05) is 0 Å². The lowest BCUT2D eigenvalue weighted by Crippen LogP contribution is -2.34. The molecule has 16 heavy (non-hydrogen) atoms. The third-order valence-electron chi connectivity index (χ3n) is 3.86. The van der Waals surface area contributed by atoms with Crippen molar-refractivity contribution >= 4 is 0 Å². The maximum absolute atomic E-state index is 3.70. The zero-order valence-corrected chi connectivity index (χ0v) is 11.6. The summed E-state index contributed by atoms with van der Waals surface area (Å²) in [4.78, 5) is 0. The first-order valence-electron chi connectivity index (χ1n) is 7.45. The fourth-order valence-electron chi connectivity index (χ4n) is 2.90. The van der Waals surface area contributed by atoms with Gasteiger partial charge < -0.3 is 5.32 Å². The first-order valence-corrected chi connectivity index (χ1v) is 7.45. The third kappa shape index (κ3) is 5.89. The predicted octanol–water partition coefficient (Wildman–Crippen LogP) is 4.37. The van der Waals surface area contributed by atoms with E-state index in [2.05, 4.69) is 26.1 Å². The SMILES string of the molecule is CCCNC1CCCC(CCCC(C)C)C1.